The highest BCUT2D eigenvalue weighted by Gasteiger charge is 2.45. The summed E-state index contributed by atoms with van der Waals surface area (Å²) >= 11 is 0. The first kappa shape index (κ1) is 48.2. The summed E-state index contributed by atoms with van der Waals surface area (Å²) in [6, 6.07) is 27.8. The summed E-state index contributed by atoms with van der Waals surface area (Å²) in [6.45, 7) is 12.5. The first-order valence-corrected chi connectivity index (χ1v) is 24.1. The minimum atomic E-state index is -4.49. The zero-order valence-electron chi connectivity index (χ0n) is 39.2. The van der Waals surface area contributed by atoms with Crippen molar-refractivity contribution in [2.45, 2.75) is 108 Å². The standard InChI is InChI=1S/C53H52N4O11S/c1-33(50(62)67-56-46(58)26-27-47(56)59)37-20-16-35(17-21-37)31-54-42-13-11-10-12-40(42)52(3,4)44(54)14-8-7-9-15-45-53(5,6)41-30-39(69(64,65)66)24-25-43(41)55(45)32-36-18-22-38(23-19-36)34(2)51(63)68-57-48(60)28-29-49(57)61/h7-25,30,33-34H,26-29,31-32H2,1-6H3/p+1. The number of carbonyl (C=O) groups is 6. The molecule has 4 aromatic rings. The summed E-state index contributed by atoms with van der Waals surface area (Å²) in [7, 11) is -4.49. The molecule has 2 atom stereocenters. The Morgan fingerprint density at radius 3 is 1.74 bits per heavy atom. The second-order valence-electron chi connectivity index (χ2n) is 18.7. The van der Waals surface area contributed by atoms with E-state index in [0.29, 0.717) is 39.9 Å². The van der Waals surface area contributed by atoms with Crippen molar-refractivity contribution in [2.75, 3.05) is 4.90 Å². The van der Waals surface area contributed by atoms with Crippen LogP contribution in [0.5, 0.6) is 0 Å². The summed E-state index contributed by atoms with van der Waals surface area (Å²) in [4.78, 5) is 86.1. The van der Waals surface area contributed by atoms with Gasteiger partial charge in [-0.1, -0.05) is 98.8 Å². The molecule has 16 heteroatoms. The number of nitrogens with zero attached hydrogens (tertiary/aromatic N) is 4. The number of benzene rings is 4. The van der Waals surface area contributed by atoms with Gasteiger partial charge in [-0.15, -0.1) is 10.1 Å². The molecule has 0 aromatic heterocycles. The molecule has 2 unspecified atom stereocenters. The van der Waals surface area contributed by atoms with Crippen molar-refractivity contribution in [1.82, 2.24) is 10.1 Å². The van der Waals surface area contributed by atoms with Gasteiger partial charge in [0.15, 0.2) is 12.3 Å². The highest BCUT2D eigenvalue weighted by atomic mass is 32.2. The molecule has 8 rings (SSSR count). The summed E-state index contributed by atoms with van der Waals surface area (Å²) in [5, 5.41) is 1.10. The van der Waals surface area contributed by atoms with E-state index in [9.17, 15) is 41.7 Å². The van der Waals surface area contributed by atoms with Crippen LogP contribution in [0.25, 0.3) is 0 Å². The lowest BCUT2D eigenvalue weighted by molar-refractivity contribution is -0.455. The van der Waals surface area contributed by atoms with Crippen molar-refractivity contribution in [3.63, 3.8) is 0 Å². The van der Waals surface area contributed by atoms with Gasteiger partial charge in [-0.25, -0.2) is 9.59 Å². The van der Waals surface area contributed by atoms with Gasteiger partial charge in [-0.2, -0.15) is 13.0 Å². The normalized spacial score (nSPS) is 19.1. The molecule has 2 saturated heterocycles. The van der Waals surface area contributed by atoms with Crippen LogP contribution < -0.4 is 4.90 Å². The van der Waals surface area contributed by atoms with E-state index < -0.39 is 62.9 Å². The fraction of sp³-hybridized carbons (Fsp3) is 0.302. The molecule has 4 aliphatic heterocycles. The van der Waals surface area contributed by atoms with E-state index in [1.807, 2.05) is 86.7 Å². The zero-order chi connectivity index (χ0) is 49.6. The molecular formula is C53H53N4O11S+. The average Bonchev–Trinajstić information content (AvgIpc) is 3.95. The Morgan fingerprint density at radius 1 is 0.681 bits per heavy atom. The van der Waals surface area contributed by atoms with Crippen LogP contribution in [-0.4, -0.2) is 69.0 Å². The van der Waals surface area contributed by atoms with E-state index in [1.165, 1.54) is 12.1 Å². The maximum absolute atomic E-state index is 12.9. The van der Waals surface area contributed by atoms with Gasteiger partial charge in [0, 0.05) is 72.3 Å². The zero-order valence-corrected chi connectivity index (χ0v) is 40.0. The predicted octanol–water partition coefficient (Wildman–Crippen LogP) is 7.93. The summed E-state index contributed by atoms with van der Waals surface area (Å²) in [5.41, 5.74) is 7.72. The molecule has 356 valence electrons. The molecule has 0 spiro atoms. The Bertz CT molecular complexity index is 3010. The first-order valence-electron chi connectivity index (χ1n) is 22.7. The highest BCUT2D eigenvalue weighted by Crippen LogP contribution is 2.49. The molecule has 4 aliphatic rings. The van der Waals surface area contributed by atoms with Crippen LogP contribution in [0, 0.1) is 0 Å². The number of fused-ring (bicyclic) bond motifs is 2. The van der Waals surface area contributed by atoms with E-state index in [-0.39, 0.29) is 36.0 Å². The third kappa shape index (κ3) is 9.46. The molecular weight excluding hydrogens is 901 g/mol. The van der Waals surface area contributed by atoms with Crippen LogP contribution >= 0.6 is 0 Å². The lowest BCUT2D eigenvalue weighted by Gasteiger charge is -2.27. The van der Waals surface area contributed by atoms with Crippen molar-refractivity contribution in [2.24, 2.45) is 0 Å². The number of carbonyl (C=O) groups excluding carboxylic acids is 6. The topological polar surface area (TPSA) is 188 Å². The minimum absolute atomic E-state index is 0.00154. The molecule has 4 amide bonds. The molecule has 69 heavy (non-hydrogen) atoms. The quantitative estimate of drug-likeness (QED) is 0.0558. The van der Waals surface area contributed by atoms with E-state index in [0.717, 1.165) is 39.5 Å². The second kappa shape index (κ2) is 18.7. The molecule has 4 aromatic carbocycles. The van der Waals surface area contributed by atoms with Gasteiger partial charge in [0.2, 0.25) is 5.69 Å². The molecule has 0 bridgehead atoms. The number of hydroxylamine groups is 4. The number of amides is 4. The van der Waals surface area contributed by atoms with E-state index >= 15 is 0 Å². The van der Waals surface area contributed by atoms with Crippen molar-refractivity contribution in [1.29, 1.82) is 0 Å². The van der Waals surface area contributed by atoms with Crippen LogP contribution in [0.2, 0.25) is 0 Å². The molecule has 1 N–H and O–H groups in total. The molecule has 0 radical (unpaired) electrons. The van der Waals surface area contributed by atoms with Crippen molar-refractivity contribution < 1.29 is 56.0 Å². The summed E-state index contributed by atoms with van der Waals surface area (Å²) < 4.78 is 36.8. The van der Waals surface area contributed by atoms with Gasteiger partial charge in [0.1, 0.15) is 0 Å². The second-order valence-corrected chi connectivity index (χ2v) is 20.1. The Morgan fingerprint density at radius 2 is 1.20 bits per heavy atom. The van der Waals surface area contributed by atoms with Crippen molar-refractivity contribution >= 4 is 62.8 Å². The molecule has 4 heterocycles. The fourth-order valence-electron chi connectivity index (χ4n) is 9.27. The third-order valence-electron chi connectivity index (χ3n) is 13.4. The Hall–Kier alpha value is -7.30. The van der Waals surface area contributed by atoms with Gasteiger partial charge in [0.05, 0.1) is 22.1 Å². The number of hydrogen-bond acceptors (Lipinski definition) is 11. The van der Waals surface area contributed by atoms with Crippen molar-refractivity contribution in [3.05, 3.63) is 160 Å². The van der Waals surface area contributed by atoms with Crippen LogP contribution in [-0.2, 0) is 72.5 Å². The van der Waals surface area contributed by atoms with E-state index in [2.05, 4.69) is 41.5 Å². The van der Waals surface area contributed by atoms with Crippen LogP contribution in [0.15, 0.2) is 132 Å². The van der Waals surface area contributed by atoms with Crippen LogP contribution in [0.1, 0.15) is 112 Å². The molecule has 0 aliphatic carbocycles. The number of anilines is 1. The Balaban J connectivity index is 1.04. The lowest BCUT2D eigenvalue weighted by Crippen LogP contribution is -2.33. The maximum Gasteiger partial charge on any atom is 0.340 e. The SMILES string of the molecule is CC(C(=O)ON1C(=O)CCC1=O)c1ccc(CN2C(=CC=CC=CC3=[N+](Cc4ccc(C(C)C(=O)ON5C(=O)CCC5=O)cc4)c4ccccc4C3(C)C)C(C)(C)c3cc(S(=O)(=O)O)ccc32)cc1. The smallest absolute Gasteiger partial charge is 0.340 e. The Labute approximate surface area is 400 Å². The molecule has 0 saturated carbocycles. The number of hydrogen-bond donors (Lipinski definition) is 1. The van der Waals surface area contributed by atoms with E-state index in [1.54, 1.807) is 32.0 Å². The average molecular weight is 954 g/mol. The molecule has 2 fully saturated rings. The number of rotatable bonds is 14. The molecule has 15 nitrogen and oxygen atoms in total. The summed E-state index contributed by atoms with van der Waals surface area (Å²) in [6.07, 6.45) is 9.97. The van der Waals surface area contributed by atoms with Gasteiger partial charge >= 0.3 is 11.9 Å². The maximum atomic E-state index is 12.9. The van der Waals surface area contributed by atoms with Crippen LogP contribution in [0.4, 0.5) is 11.4 Å². The number of imide groups is 2. The fourth-order valence-corrected chi connectivity index (χ4v) is 9.78. The van der Waals surface area contributed by atoms with Crippen LogP contribution in [0.3, 0.4) is 0 Å². The summed E-state index contributed by atoms with van der Waals surface area (Å²) in [5.74, 6) is -5.06. The monoisotopic (exact) mass is 953 g/mol. The number of allylic oxidation sites excluding steroid dienone is 6. The third-order valence-corrected chi connectivity index (χ3v) is 14.3. The number of para-hydroxylation sites is 1. The lowest BCUT2D eigenvalue weighted by atomic mass is 9.81. The largest absolute Gasteiger partial charge is 0.340 e. The first-order chi connectivity index (χ1) is 32.7. The van der Waals surface area contributed by atoms with Gasteiger partial charge < -0.3 is 14.6 Å². The minimum Gasteiger partial charge on any atom is -0.340 e. The van der Waals surface area contributed by atoms with E-state index in [4.69, 9.17) is 9.68 Å². The van der Waals surface area contributed by atoms with Gasteiger partial charge in [-0.3, -0.25) is 23.7 Å². The van der Waals surface area contributed by atoms with Gasteiger partial charge in [0.25, 0.3) is 33.7 Å². The van der Waals surface area contributed by atoms with Gasteiger partial charge in [-0.05, 0) is 74.2 Å². The van der Waals surface area contributed by atoms with Crippen molar-refractivity contribution in [3.8, 4) is 0 Å². The Kier molecular flexibility index (Phi) is 13.0. The predicted molar refractivity (Wildman–Crippen MR) is 254 cm³/mol. The highest BCUT2D eigenvalue weighted by molar-refractivity contribution is 7.85.